The summed E-state index contributed by atoms with van der Waals surface area (Å²) in [5.74, 6) is -0.0113. The molecule has 0 aliphatic carbocycles. The van der Waals surface area contributed by atoms with Gasteiger partial charge < -0.3 is 21.1 Å². The average Bonchev–Trinajstić information content (AvgIpc) is 2.79. The van der Waals surface area contributed by atoms with Crippen LogP contribution in [0.25, 0.3) is 0 Å². The van der Waals surface area contributed by atoms with Gasteiger partial charge in [-0.1, -0.05) is 30.3 Å². The summed E-state index contributed by atoms with van der Waals surface area (Å²) in [6.45, 7) is 2.45. The second-order valence-corrected chi connectivity index (χ2v) is 7.07. The van der Waals surface area contributed by atoms with E-state index in [1.807, 2.05) is 61.5 Å². The molecule has 8 nitrogen and oxygen atoms in total. The van der Waals surface area contributed by atoms with Crippen molar-refractivity contribution in [1.29, 1.82) is 0 Å². The Morgan fingerprint density at radius 2 is 1.72 bits per heavy atom. The minimum atomic E-state index is -0.371. The largest absolute Gasteiger partial charge is 0.396 e. The van der Waals surface area contributed by atoms with E-state index in [0.717, 1.165) is 17.7 Å². The molecule has 0 bridgehead atoms. The summed E-state index contributed by atoms with van der Waals surface area (Å²) >= 11 is 0. The number of aryl methyl sites for hydroxylation is 1. The number of nitrogens with zero attached hydrogens (tertiary/aromatic N) is 1. The number of hydrogen-bond donors (Lipinski definition) is 5. The number of anilines is 4. The van der Waals surface area contributed by atoms with Crippen LogP contribution < -0.4 is 21.3 Å². The fourth-order valence-corrected chi connectivity index (χ4v) is 3.04. The molecule has 2 aromatic carbocycles. The molecule has 0 aliphatic rings. The lowest BCUT2D eigenvalue weighted by molar-refractivity contribution is 0.102. The number of carbonyl (C=O) groups excluding carboxylic acids is 2. The number of nitrogens with one attached hydrogen (secondary N) is 4. The van der Waals surface area contributed by atoms with E-state index in [0.29, 0.717) is 35.7 Å². The van der Waals surface area contributed by atoms with Crippen molar-refractivity contribution >= 4 is 34.8 Å². The molecule has 0 spiro atoms. The molecule has 1 heterocycles. The van der Waals surface area contributed by atoms with Crippen LogP contribution in [0.2, 0.25) is 0 Å². The van der Waals surface area contributed by atoms with Gasteiger partial charge in [0.15, 0.2) is 0 Å². The lowest BCUT2D eigenvalue weighted by Crippen LogP contribution is -2.28. The van der Waals surface area contributed by atoms with Crippen molar-refractivity contribution in [3.05, 3.63) is 78.0 Å². The van der Waals surface area contributed by atoms with Crippen molar-refractivity contribution in [1.82, 2.24) is 10.3 Å². The first-order chi connectivity index (χ1) is 15.6. The Morgan fingerprint density at radius 3 is 2.41 bits per heavy atom. The second-order valence-electron chi connectivity index (χ2n) is 7.07. The van der Waals surface area contributed by atoms with Gasteiger partial charge in [0.2, 0.25) is 0 Å². The highest BCUT2D eigenvalue weighted by Gasteiger charge is 2.15. The number of pyridine rings is 1. The summed E-state index contributed by atoms with van der Waals surface area (Å²) in [6.07, 6.45) is 2.90. The summed E-state index contributed by atoms with van der Waals surface area (Å²) in [4.78, 5) is 29.1. The van der Waals surface area contributed by atoms with Crippen LogP contribution in [0.3, 0.4) is 0 Å². The van der Waals surface area contributed by atoms with Crippen molar-refractivity contribution in [2.45, 2.75) is 19.8 Å². The third kappa shape index (κ3) is 6.55. The van der Waals surface area contributed by atoms with Gasteiger partial charge in [-0.3, -0.25) is 10.1 Å². The average molecular weight is 434 g/mol. The Labute approximate surface area is 187 Å². The molecule has 0 saturated carbocycles. The first-order valence-corrected chi connectivity index (χ1v) is 10.5. The predicted octanol–water partition coefficient (Wildman–Crippen LogP) is 4.14. The molecular weight excluding hydrogens is 406 g/mol. The minimum absolute atomic E-state index is 0.146. The van der Waals surface area contributed by atoms with E-state index in [1.165, 1.54) is 6.20 Å². The Kier molecular flexibility index (Phi) is 8.16. The number of benzene rings is 2. The first-order valence-electron chi connectivity index (χ1n) is 10.5. The standard InChI is InChI=1S/C24H27N5O3/c1-2-25-24(32)29-22-15-21(27-18-8-4-3-5-9-18)20(16-26-22)23(31)28-19-12-10-17(11-13-19)7-6-14-30/h3-5,8-13,15-16,30H,2,6-7,14H2,1H3,(H,28,31)(H3,25,26,27,29,32). The molecule has 3 amide bonds. The van der Waals surface area contributed by atoms with Crippen LogP contribution in [0.4, 0.5) is 27.7 Å². The number of urea groups is 1. The van der Waals surface area contributed by atoms with E-state index in [4.69, 9.17) is 5.11 Å². The van der Waals surface area contributed by atoms with Crippen molar-refractivity contribution in [2.24, 2.45) is 0 Å². The highest BCUT2D eigenvalue weighted by atomic mass is 16.3. The van der Waals surface area contributed by atoms with Gasteiger partial charge in [-0.25, -0.2) is 9.78 Å². The van der Waals surface area contributed by atoms with Crippen molar-refractivity contribution in [2.75, 3.05) is 29.1 Å². The predicted molar refractivity (Wildman–Crippen MR) is 126 cm³/mol. The molecule has 5 N–H and O–H groups in total. The van der Waals surface area contributed by atoms with Gasteiger partial charge >= 0.3 is 6.03 Å². The van der Waals surface area contributed by atoms with Gasteiger partial charge in [-0.2, -0.15) is 0 Å². The monoisotopic (exact) mass is 433 g/mol. The maximum absolute atomic E-state index is 13.0. The number of amides is 3. The normalized spacial score (nSPS) is 10.3. The second kappa shape index (κ2) is 11.5. The Bertz CT molecular complexity index is 1040. The zero-order valence-electron chi connectivity index (χ0n) is 17.9. The van der Waals surface area contributed by atoms with Crippen molar-refractivity contribution in [3.63, 3.8) is 0 Å². The fourth-order valence-electron chi connectivity index (χ4n) is 3.04. The Hall–Kier alpha value is -3.91. The molecule has 0 saturated heterocycles. The maximum Gasteiger partial charge on any atom is 0.320 e. The van der Waals surface area contributed by atoms with Crippen LogP contribution in [0.15, 0.2) is 66.9 Å². The summed E-state index contributed by atoms with van der Waals surface area (Å²) in [7, 11) is 0. The SMILES string of the molecule is CCNC(=O)Nc1cc(Nc2ccccc2)c(C(=O)Nc2ccc(CCCO)cc2)cn1. The van der Waals surface area contributed by atoms with Crippen LogP contribution >= 0.6 is 0 Å². The quantitative estimate of drug-likeness (QED) is 0.348. The molecule has 0 aliphatic heterocycles. The molecule has 32 heavy (non-hydrogen) atoms. The smallest absolute Gasteiger partial charge is 0.320 e. The van der Waals surface area contributed by atoms with E-state index in [2.05, 4.69) is 26.3 Å². The summed E-state index contributed by atoms with van der Waals surface area (Å²) in [5.41, 5.74) is 3.38. The van der Waals surface area contributed by atoms with Gasteiger partial charge in [0, 0.05) is 36.8 Å². The highest BCUT2D eigenvalue weighted by Crippen LogP contribution is 2.24. The molecule has 0 radical (unpaired) electrons. The molecule has 166 valence electrons. The van der Waals surface area contributed by atoms with E-state index in [9.17, 15) is 9.59 Å². The zero-order chi connectivity index (χ0) is 22.8. The third-order valence-corrected chi connectivity index (χ3v) is 4.62. The van der Waals surface area contributed by atoms with Gasteiger partial charge in [0.25, 0.3) is 5.91 Å². The molecule has 0 unspecified atom stereocenters. The van der Waals surface area contributed by atoms with E-state index >= 15 is 0 Å². The number of para-hydroxylation sites is 1. The number of rotatable bonds is 9. The Balaban J connectivity index is 1.81. The van der Waals surface area contributed by atoms with Crippen LogP contribution in [0.1, 0.15) is 29.3 Å². The van der Waals surface area contributed by atoms with Crippen LogP contribution in [-0.2, 0) is 6.42 Å². The lowest BCUT2D eigenvalue weighted by atomic mass is 10.1. The van der Waals surface area contributed by atoms with Gasteiger partial charge in [-0.15, -0.1) is 0 Å². The van der Waals surface area contributed by atoms with E-state index in [-0.39, 0.29) is 18.5 Å². The lowest BCUT2D eigenvalue weighted by Gasteiger charge is -2.14. The molecular formula is C24H27N5O3. The number of hydrogen-bond acceptors (Lipinski definition) is 5. The Morgan fingerprint density at radius 1 is 0.969 bits per heavy atom. The van der Waals surface area contributed by atoms with E-state index in [1.54, 1.807) is 6.07 Å². The van der Waals surface area contributed by atoms with Crippen LogP contribution in [0, 0.1) is 0 Å². The molecule has 8 heteroatoms. The van der Waals surface area contributed by atoms with Crippen molar-refractivity contribution in [3.8, 4) is 0 Å². The highest BCUT2D eigenvalue weighted by molar-refractivity contribution is 6.08. The molecule has 3 aromatic rings. The van der Waals surface area contributed by atoms with Gasteiger partial charge in [-0.05, 0) is 49.6 Å². The number of aliphatic hydroxyl groups is 1. The topological polar surface area (TPSA) is 115 Å². The number of aromatic nitrogens is 1. The maximum atomic E-state index is 13.0. The number of aliphatic hydroxyl groups excluding tert-OH is 1. The summed E-state index contributed by atoms with van der Waals surface area (Å²) in [6, 6.07) is 18.2. The minimum Gasteiger partial charge on any atom is -0.396 e. The number of carbonyl (C=O) groups is 2. The van der Waals surface area contributed by atoms with Crippen molar-refractivity contribution < 1.29 is 14.7 Å². The fraction of sp³-hybridized carbons (Fsp3) is 0.208. The first kappa shape index (κ1) is 22.8. The molecule has 3 rings (SSSR count). The summed E-state index contributed by atoms with van der Waals surface area (Å²) in [5, 5.41) is 20.4. The molecule has 0 fully saturated rings. The third-order valence-electron chi connectivity index (χ3n) is 4.62. The van der Waals surface area contributed by atoms with E-state index < -0.39 is 0 Å². The summed E-state index contributed by atoms with van der Waals surface area (Å²) < 4.78 is 0. The van der Waals surface area contributed by atoms with Gasteiger partial charge in [0.1, 0.15) is 5.82 Å². The van der Waals surface area contributed by atoms with Crippen LogP contribution in [0.5, 0.6) is 0 Å². The zero-order valence-corrected chi connectivity index (χ0v) is 17.9. The molecule has 0 atom stereocenters. The van der Waals surface area contributed by atoms with Crippen LogP contribution in [-0.4, -0.2) is 35.2 Å². The molecule has 1 aromatic heterocycles. The van der Waals surface area contributed by atoms with Gasteiger partial charge in [0.05, 0.1) is 11.3 Å².